The average molecular weight is 323 g/mol. The van der Waals surface area contributed by atoms with E-state index >= 15 is 0 Å². The van der Waals surface area contributed by atoms with E-state index in [1.807, 2.05) is 56.6 Å². The Labute approximate surface area is 141 Å². The number of ether oxygens (including phenoxy) is 1. The Bertz CT molecular complexity index is 825. The molecule has 0 aliphatic rings. The standard InChI is InChI=1S/C19H21N3O2/c1-21(2)13-8-14-24-18-16-11-6-7-12-17(16)22(20-18)19(23)15-9-4-3-5-10-15/h3-7,9-12H,8,13-14H2,1-2H3. The van der Waals surface area contributed by atoms with Crippen molar-refractivity contribution in [2.75, 3.05) is 27.2 Å². The molecule has 3 rings (SSSR count). The van der Waals surface area contributed by atoms with Gasteiger partial charge in [0.1, 0.15) is 0 Å². The summed E-state index contributed by atoms with van der Waals surface area (Å²) in [5.41, 5.74) is 1.36. The van der Waals surface area contributed by atoms with E-state index in [-0.39, 0.29) is 5.91 Å². The average Bonchev–Trinajstić information content (AvgIpc) is 2.97. The van der Waals surface area contributed by atoms with Crippen LogP contribution in [0.3, 0.4) is 0 Å². The van der Waals surface area contributed by atoms with Crippen molar-refractivity contribution < 1.29 is 9.53 Å². The summed E-state index contributed by atoms with van der Waals surface area (Å²) in [5, 5.41) is 5.27. The van der Waals surface area contributed by atoms with Gasteiger partial charge in [0.05, 0.1) is 17.5 Å². The number of hydrogen-bond acceptors (Lipinski definition) is 4. The predicted molar refractivity (Wildman–Crippen MR) is 94.6 cm³/mol. The molecule has 0 aliphatic heterocycles. The summed E-state index contributed by atoms with van der Waals surface area (Å²) in [6, 6.07) is 16.8. The van der Waals surface area contributed by atoms with Crippen molar-refractivity contribution in [1.82, 2.24) is 14.7 Å². The quantitative estimate of drug-likeness (QED) is 0.654. The van der Waals surface area contributed by atoms with Crippen LogP contribution in [0.2, 0.25) is 0 Å². The van der Waals surface area contributed by atoms with E-state index in [4.69, 9.17) is 4.74 Å². The molecule has 0 fully saturated rings. The minimum atomic E-state index is -0.157. The van der Waals surface area contributed by atoms with Crippen LogP contribution < -0.4 is 4.74 Å². The zero-order chi connectivity index (χ0) is 16.9. The first-order chi connectivity index (χ1) is 11.7. The molecule has 2 aromatic carbocycles. The fourth-order valence-corrected chi connectivity index (χ4v) is 2.55. The molecule has 0 spiro atoms. The maximum absolute atomic E-state index is 12.7. The zero-order valence-electron chi connectivity index (χ0n) is 14.0. The topological polar surface area (TPSA) is 47.4 Å². The highest BCUT2D eigenvalue weighted by atomic mass is 16.5. The molecule has 0 aliphatic carbocycles. The van der Waals surface area contributed by atoms with Gasteiger partial charge in [-0.2, -0.15) is 4.68 Å². The van der Waals surface area contributed by atoms with Crippen molar-refractivity contribution in [1.29, 1.82) is 0 Å². The first kappa shape index (κ1) is 16.2. The number of para-hydroxylation sites is 1. The lowest BCUT2D eigenvalue weighted by Crippen LogP contribution is -2.16. The molecule has 0 bridgehead atoms. The molecular formula is C19H21N3O2. The van der Waals surface area contributed by atoms with E-state index in [1.165, 1.54) is 4.68 Å². The van der Waals surface area contributed by atoms with E-state index in [0.717, 1.165) is 23.9 Å². The first-order valence-electron chi connectivity index (χ1n) is 8.02. The highest BCUT2D eigenvalue weighted by molar-refractivity contribution is 6.02. The molecule has 0 atom stereocenters. The van der Waals surface area contributed by atoms with E-state index in [0.29, 0.717) is 18.1 Å². The molecule has 124 valence electrons. The SMILES string of the molecule is CN(C)CCCOc1nn(C(=O)c2ccccc2)c2ccccc12. The van der Waals surface area contributed by atoms with E-state index in [1.54, 1.807) is 12.1 Å². The molecule has 24 heavy (non-hydrogen) atoms. The largest absolute Gasteiger partial charge is 0.476 e. The van der Waals surface area contributed by atoms with Crippen LogP contribution in [0.15, 0.2) is 54.6 Å². The number of nitrogens with zero attached hydrogens (tertiary/aromatic N) is 3. The summed E-state index contributed by atoms with van der Waals surface area (Å²) in [6.45, 7) is 1.51. The second-order valence-electron chi connectivity index (χ2n) is 5.91. The second kappa shape index (κ2) is 7.27. The van der Waals surface area contributed by atoms with Gasteiger partial charge in [0.15, 0.2) is 0 Å². The zero-order valence-corrected chi connectivity index (χ0v) is 14.0. The summed E-state index contributed by atoms with van der Waals surface area (Å²) in [4.78, 5) is 14.8. The van der Waals surface area contributed by atoms with Crippen LogP contribution in [0.1, 0.15) is 16.8 Å². The summed E-state index contributed by atoms with van der Waals surface area (Å²) in [5.74, 6) is 0.351. The third kappa shape index (κ3) is 3.46. The summed E-state index contributed by atoms with van der Waals surface area (Å²) < 4.78 is 7.25. The monoisotopic (exact) mass is 323 g/mol. The second-order valence-corrected chi connectivity index (χ2v) is 5.91. The van der Waals surface area contributed by atoms with E-state index in [9.17, 15) is 4.79 Å². The molecule has 0 unspecified atom stereocenters. The molecule has 0 amide bonds. The smallest absolute Gasteiger partial charge is 0.278 e. The molecule has 0 radical (unpaired) electrons. The van der Waals surface area contributed by atoms with Gasteiger partial charge in [0, 0.05) is 12.1 Å². The maximum atomic E-state index is 12.7. The summed E-state index contributed by atoms with van der Waals surface area (Å²) >= 11 is 0. The predicted octanol–water partition coefficient (Wildman–Crippen LogP) is 3.06. The molecule has 1 heterocycles. The van der Waals surface area contributed by atoms with Crippen LogP contribution in [0.4, 0.5) is 0 Å². The number of hydrogen-bond donors (Lipinski definition) is 0. The van der Waals surface area contributed by atoms with Crippen LogP contribution in [0.25, 0.3) is 10.9 Å². The molecule has 0 saturated heterocycles. The minimum absolute atomic E-state index is 0.157. The van der Waals surface area contributed by atoms with E-state index in [2.05, 4.69) is 10.00 Å². The van der Waals surface area contributed by atoms with Crippen LogP contribution >= 0.6 is 0 Å². The first-order valence-corrected chi connectivity index (χ1v) is 8.02. The van der Waals surface area contributed by atoms with Gasteiger partial charge in [0.2, 0.25) is 5.88 Å². The van der Waals surface area contributed by atoms with Crippen LogP contribution in [0.5, 0.6) is 5.88 Å². The van der Waals surface area contributed by atoms with Gasteiger partial charge in [-0.05, 0) is 44.8 Å². The van der Waals surface area contributed by atoms with Gasteiger partial charge in [-0.3, -0.25) is 4.79 Å². The number of carbonyl (C=O) groups excluding carboxylic acids is 1. The molecule has 1 aromatic heterocycles. The summed E-state index contributed by atoms with van der Waals surface area (Å²) in [7, 11) is 4.06. The van der Waals surface area contributed by atoms with Gasteiger partial charge in [0.25, 0.3) is 5.91 Å². The molecule has 0 N–H and O–H groups in total. The Hall–Kier alpha value is -2.66. The fraction of sp³-hybridized carbons (Fsp3) is 0.263. The number of benzene rings is 2. The van der Waals surface area contributed by atoms with Crippen molar-refractivity contribution >= 4 is 16.8 Å². The fourth-order valence-electron chi connectivity index (χ4n) is 2.55. The maximum Gasteiger partial charge on any atom is 0.278 e. The Balaban J connectivity index is 1.88. The lowest BCUT2D eigenvalue weighted by molar-refractivity contribution is 0.0948. The van der Waals surface area contributed by atoms with Gasteiger partial charge < -0.3 is 9.64 Å². The summed E-state index contributed by atoms with van der Waals surface area (Å²) in [6.07, 6.45) is 0.904. The Kier molecular flexibility index (Phi) is 4.91. The van der Waals surface area contributed by atoms with Gasteiger partial charge in [-0.1, -0.05) is 30.3 Å². The van der Waals surface area contributed by atoms with Gasteiger partial charge in [-0.15, -0.1) is 5.10 Å². The number of aromatic nitrogens is 2. The lowest BCUT2D eigenvalue weighted by atomic mass is 10.2. The van der Waals surface area contributed by atoms with Crippen LogP contribution in [-0.4, -0.2) is 47.8 Å². The van der Waals surface area contributed by atoms with E-state index < -0.39 is 0 Å². The Morgan fingerprint density at radius 3 is 2.54 bits per heavy atom. The van der Waals surface area contributed by atoms with Crippen molar-refractivity contribution in [3.63, 3.8) is 0 Å². The normalized spacial score (nSPS) is 11.1. The van der Waals surface area contributed by atoms with Crippen molar-refractivity contribution in [2.24, 2.45) is 0 Å². The molecule has 5 heteroatoms. The third-order valence-corrected chi connectivity index (χ3v) is 3.76. The Morgan fingerprint density at radius 2 is 1.79 bits per heavy atom. The van der Waals surface area contributed by atoms with Crippen molar-refractivity contribution in [2.45, 2.75) is 6.42 Å². The van der Waals surface area contributed by atoms with Crippen molar-refractivity contribution in [3.05, 3.63) is 60.2 Å². The molecule has 3 aromatic rings. The van der Waals surface area contributed by atoms with Crippen LogP contribution in [0, 0.1) is 0 Å². The molecular weight excluding hydrogens is 302 g/mol. The van der Waals surface area contributed by atoms with Crippen molar-refractivity contribution in [3.8, 4) is 5.88 Å². The number of fused-ring (bicyclic) bond motifs is 1. The lowest BCUT2D eigenvalue weighted by Gasteiger charge is -2.09. The third-order valence-electron chi connectivity index (χ3n) is 3.76. The van der Waals surface area contributed by atoms with Gasteiger partial charge in [-0.25, -0.2) is 0 Å². The minimum Gasteiger partial charge on any atom is -0.476 e. The highest BCUT2D eigenvalue weighted by Gasteiger charge is 2.17. The van der Waals surface area contributed by atoms with Gasteiger partial charge >= 0.3 is 0 Å². The molecule has 5 nitrogen and oxygen atoms in total. The number of carbonyl (C=O) groups is 1. The van der Waals surface area contributed by atoms with Crippen LogP contribution in [-0.2, 0) is 0 Å². The molecule has 0 saturated carbocycles. The highest BCUT2D eigenvalue weighted by Crippen LogP contribution is 2.25. The Morgan fingerprint density at radius 1 is 1.08 bits per heavy atom. The number of rotatable bonds is 6.